The van der Waals surface area contributed by atoms with Gasteiger partial charge >= 0.3 is 0 Å². The van der Waals surface area contributed by atoms with Gasteiger partial charge in [-0.25, -0.2) is 8.42 Å². The van der Waals surface area contributed by atoms with E-state index in [1.54, 1.807) is 18.2 Å². The van der Waals surface area contributed by atoms with E-state index in [-0.39, 0.29) is 16.3 Å². The molecule has 2 rings (SSSR count). The van der Waals surface area contributed by atoms with E-state index in [9.17, 15) is 23.3 Å². The van der Waals surface area contributed by atoms with Crippen LogP contribution in [0.1, 0.15) is 12.5 Å². The number of hydrogen-bond acceptors (Lipinski definition) is 5. The van der Waals surface area contributed by atoms with Crippen LogP contribution in [0, 0.1) is 17.0 Å². The average molecular weight is 363 g/mol. The van der Waals surface area contributed by atoms with Crippen molar-refractivity contribution in [3.63, 3.8) is 0 Å². The number of rotatable bonds is 6. The van der Waals surface area contributed by atoms with Crippen molar-refractivity contribution in [1.82, 2.24) is 4.72 Å². The lowest BCUT2D eigenvalue weighted by Crippen LogP contribution is -2.41. The summed E-state index contributed by atoms with van der Waals surface area (Å²) >= 11 is 0. The van der Waals surface area contributed by atoms with Crippen molar-refractivity contribution in [3.8, 4) is 0 Å². The molecular weight excluding hydrogens is 346 g/mol. The van der Waals surface area contributed by atoms with Crippen LogP contribution in [-0.4, -0.2) is 25.3 Å². The van der Waals surface area contributed by atoms with Crippen molar-refractivity contribution in [3.05, 3.63) is 64.2 Å². The molecule has 0 saturated heterocycles. The van der Waals surface area contributed by atoms with Crippen LogP contribution in [0.4, 0.5) is 11.4 Å². The smallest absolute Gasteiger partial charge is 0.274 e. The highest BCUT2D eigenvalue weighted by atomic mass is 32.2. The standard InChI is InChI=1S/C16H17N3O5S/c1-11-14(9-6-10-15(11)19(21)22)17-16(20)12(2)18-25(23,24)13-7-4-3-5-8-13/h3-10,12,18H,1-2H3,(H,17,20)/t12-/m0/s1. The quantitative estimate of drug-likeness (QED) is 0.602. The summed E-state index contributed by atoms with van der Waals surface area (Å²) in [5, 5.41) is 13.4. The number of hydrogen-bond donors (Lipinski definition) is 2. The second-order valence-electron chi connectivity index (χ2n) is 5.35. The zero-order valence-electron chi connectivity index (χ0n) is 13.6. The first-order valence-electron chi connectivity index (χ1n) is 7.34. The first kappa shape index (κ1) is 18.6. The number of nitrogens with zero attached hydrogens (tertiary/aromatic N) is 1. The fourth-order valence-electron chi connectivity index (χ4n) is 2.15. The molecular formula is C16H17N3O5S. The fourth-order valence-corrected chi connectivity index (χ4v) is 3.38. The molecule has 0 heterocycles. The lowest BCUT2D eigenvalue weighted by atomic mass is 10.1. The summed E-state index contributed by atoms with van der Waals surface area (Å²) in [5.74, 6) is -0.622. The third-order valence-electron chi connectivity index (χ3n) is 3.54. The minimum atomic E-state index is -3.85. The highest BCUT2D eigenvalue weighted by Gasteiger charge is 2.23. The molecule has 2 N–H and O–H groups in total. The van der Waals surface area contributed by atoms with Crippen molar-refractivity contribution >= 4 is 27.3 Å². The molecule has 0 aliphatic rings. The summed E-state index contributed by atoms with van der Waals surface area (Å²) in [6.45, 7) is 2.90. The molecule has 2 aromatic rings. The van der Waals surface area contributed by atoms with Crippen LogP contribution in [0.15, 0.2) is 53.4 Å². The largest absolute Gasteiger partial charge is 0.324 e. The zero-order valence-corrected chi connectivity index (χ0v) is 14.4. The highest BCUT2D eigenvalue weighted by Crippen LogP contribution is 2.25. The molecule has 0 saturated carbocycles. The number of nitro groups is 1. The third kappa shape index (κ3) is 4.40. The average Bonchev–Trinajstić information content (AvgIpc) is 2.56. The van der Waals surface area contributed by atoms with Gasteiger partial charge in [-0.05, 0) is 32.0 Å². The fraction of sp³-hybridized carbons (Fsp3) is 0.188. The maximum Gasteiger partial charge on any atom is 0.274 e. The van der Waals surface area contributed by atoms with Gasteiger partial charge in [-0.15, -0.1) is 0 Å². The predicted molar refractivity (Wildman–Crippen MR) is 92.7 cm³/mol. The van der Waals surface area contributed by atoms with Crippen LogP contribution in [0.25, 0.3) is 0 Å². The van der Waals surface area contributed by atoms with E-state index in [0.29, 0.717) is 5.56 Å². The molecule has 1 atom stereocenters. The van der Waals surface area contributed by atoms with E-state index < -0.39 is 26.9 Å². The number of sulfonamides is 1. The first-order valence-corrected chi connectivity index (χ1v) is 8.83. The molecule has 1 amide bonds. The maximum atomic E-state index is 12.2. The molecule has 0 aliphatic carbocycles. The number of amides is 1. The SMILES string of the molecule is Cc1c(NC(=O)[C@H](C)NS(=O)(=O)c2ccccc2)cccc1[N+](=O)[O-]. The molecule has 25 heavy (non-hydrogen) atoms. The number of carbonyl (C=O) groups excluding carboxylic acids is 1. The minimum absolute atomic E-state index is 0.0428. The summed E-state index contributed by atoms with van der Waals surface area (Å²) in [6.07, 6.45) is 0. The van der Waals surface area contributed by atoms with Gasteiger partial charge < -0.3 is 5.32 Å². The lowest BCUT2D eigenvalue weighted by Gasteiger charge is -2.15. The minimum Gasteiger partial charge on any atom is -0.324 e. The molecule has 9 heteroatoms. The molecule has 8 nitrogen and oxygen atoms in total. The molecule has 0 unspecified atom stereocenters. The third-order valence-corrected chi connectivity index (χ3v) is 5.10. The van der Waals surface area contributed by atoms with Crippen LogP contribution in [0.3, 0.4) is 0 Å². The van der Waals surface area contributed by atoms with Gasteiger partial charge in [0.05, 0.1) is 27.1 Å². The number of carbonyl (C=O) groups is 1. The summed E-state index contributed by atoms with van der Waals surface area (Å²) in [5.41, 5.74) is 0.416. The molecule has 0 aliphatic heterocycles. The van der Waals surface area contributed by atoms with Crippen molar-refractivity contribution in [2.45, 2.75) is 24.8 Å². The Morgan fingerprint density at radius 1 is 1.12 bits per heavy atom. The Balaban J connectivity index is 2.14. The van der Waals surface area contributed by atoms with Crippen molar-refractivity contribution in [1.29, 1.82) is 0 Å². The Morgan fingerprint density at radius 2 is 1.76 bits per heavy atom. The van der Waals surface area contributed by atoms with Gasteiger partial charge in [0.1, 0.15) is 0 Å². The monoisotopic (exact) mass is 363 g/mol. The lowest BCUT2D eigenvalue weighted by molar-refractivity contribution is -0.385. The summed E-state index contributed by atoms with van der Waals surface area (Å²) < 4.78 is 26.7. The Labute approximate surface area is 145 Å². The molecule has 132 valence electrons. The second kappa shape index (κ2) is 7.41. The Kier molecular flexibility index (Phi) is 5.50. The van der Waals surface area contributed by atoms with Gasteiger partial charge in [0.25, 0.3) is 5.69 Å². The van der Waals surface area contributed by atoms with E-state index in [1.165, 1.54) is 44.2 Å². The summed E-state index contributed by atoms with van der Waals surface area (Å²) in [7, 11) is -3.85. The van der Waals surface area contributed by atoms with Gasteiger partial charge in [-0.1, -0.05) is 24.3 Å². The van der Waals surface area contributed by atoms with Crippen LogP contribution in [0.5, 0.6) is 0 Å². The van der Waals surface area contributed by atoms with Crippen molar-refractivity contribution < 1.29 is 18.1 Å². The number of benzene rings is 2. The van der Waals surface area contributed by atoms with Crippen LogP contribution in [0.2, 0.25) is 0 Å². The van der Waals surface area contributed by atoms with Gasteiger partial charge in [0.2, 0.25) is 15.9 Å². The predicted octanol–water partition coefficient (Wildman–Crippen LogP) is 2.21. The van der Waals surface area contributed by atoms with Crippen molar-refractivity contribution in [2.75, 3.05) is 5.32 Å². The van der Waals surface area contributed by atoms with Gasteiger partial charge in [0, 0.05) is 6.07 Å². The van der Waals surface area contributed by atoms with Gasteiger partial charge in [0.15, 0.2) is 0 Å². The van der Waals surface area contributed by atoms with E-state index in [2.05, 4.69) is 10.0 Å². The first-order chi connectivity index (χ1) is 11.7. The van der Waals surface area contributed by atoms with E-state index in [1.807, 2.05) is 0 Å². The van der Waals surface area contributed by atoms with Crippen LogP contribution in [-0.2, 0) is 14.8 Å². The number of anilines is 1. The second-order valence-corrected chi connectivity index (χ2v) is 7.07. The Morgan fingerprint density at radius 3 is 2.36 bits per heavy atom. The van der Waals surface area contributed by atoms with E-state index in [4.69, 9.17) is 0 Å². The van der Waals surface area contributed by atoms with Crippen molar-refractivity contribution in [2.24, 2.45) is 0 Å². The zero-order chi connectivity index (χ0) is 18.6. The normalized spacial score (nSPS) is 12.4. The summed E-state index contributed by atoms with van der Waals surface area (Å²) in [6, 6.07) is 10.9. The Bertz CT molecular complexity index is 897. The molecule has 0 bridgehead atoms. The molecule has 0 fully saturated rings. The summed E-state index contributed by atoms with van der Waals surface area (Å²) in [4.78, 5) is 22.7. The van der Waals surface area contributed by atoms with Crippen LogP contribution < -0.4 is 10.0 Å². The van der Waals surface area contributed by atoms with Gasteiger partial charge in [-0.2, -0.15) is 4.72 Å². The molecule has 2 aromatic carbocycles. The molecule has 0 radical (unpaired) electrons. The highest BCUT2D eigenvalue weighted by molar-refractivity contribution is 7.89. The topological polar surface area (TPSA) is 118 Å². The van der Waals surface area contributed by atoms with E-state index >= 15 is 0 Å². The van der Waals surface area contributed by atoms with Crippen LogP contribution >= 0.6 is 0 Å². The molecule has 0 aromatic heterocycles. The molecule has 0 spiro atoms. The Hall–Kier alpha value is -2.78. The van der Waals surface area contributed by atoms with Gasteiger partial charge in [-0.3, -0.25) is 14.9 Å². The number of nitro benzene ring substituents is 1. The van der Waals surface area contributed by atoms with E-state index in [0.717, 1.165) is 0 Å². The number of nitrogens with one attached hydrogen (secondary N) is 2. The maximum absolute atomic E-state index is 12.2.